The van der Waals surface area contributed by atoms with Crippen LogP contribution in [0.1, 0.15) is 20.8 Å². The quantitative estimate of drug-likeness (QED) is 0.791. The molecule has 0 atom stereocenters. The molecule has 0 saturated heterocycles. The Labute approximate surface area is 131 Å². The highest BCUT2D eigenvalue weighted by Crippen LogP contribution is 2.24. The monoisotopic (exact) mass is 333 g/mol. The number of benzene rings is 1. The van der Waals surface area contributed by atoms with Crippen LogP contribution in [0.15, 0.2) is 24.3 Å². The third-order valence-electron chi connectivity index (χ3n) is 2.26. The molecule has 0 bridgehead atoms. The van der Waals surface area contributed by atoms with Crippen molar-refractivity contribution in [1.82, 2.24) is 10.6 Å². The van der Waals surface area contributed by atoms with E-state index in [1.165, 1.54) is 12.1 Å². The normalized spacial score (nSPS) is 11.6. The average molecular weight is 333 g/mol. The van der Waals surface area contributed by atoms with Gasteiger partial charge in [-0.05, 0) is 32.9 Å². The number of rotatable bonds is 4. The van der Waals surface area contributed by atoms with Crippen molar-refractivity contribution in [1.29, 1.82) is 0 Å². The first kappa shape index (κ1) is 18.6. The maximum absolute atomic E-state index is 12.1. The second-order valence-electron chi connectivity index (χ2n) is 5.68. The average Bonchev–Trinajstić information content (AvgIpc) is 2.32. The molecule has 1 aromatic carbocycles. The molecule has 0 aromatic heterocycles. The molecule has 0 unspecified atom stereocenters. The maximum atomic E-state index is 12.1. The summed E-state index contributed by atoms with van der Waals surface area (Å²) in [6, 6.07) is 4.38. The van der Waals surface area contributed by atoms with E-state index in [0.29, 0.717) is 0 Å². The van der Waals surface area contributed by atoms with Gasteiger partial charge in [-0.1, -0.05) is 6.07 Å². The van der Waals surface area contributed by atoms with Gasteiger partial charge in [0.1, 0.15) is 5.75 Å². The summed E-state index contributed by atoms with van der Waals surface area (Å²) >= 11 is 0. The smallest absolute Gasteiger partial charge is 0.406 e. The molecule has 0 spiro atoms. The van der Waals surface area contributed by atoms with Crippen molar-refractivity contribution in [3.05, 3.63) is 24.3 Å². The molecule has 23 heavy (non-hydrogen) atoms. The zero-order chi connectivity index (χ0) is 17.7. The minimum atomic E-state index is -4.79. The number of hydrogen-bond acceptors (Lipinski definition) is 4. The Morgan fingerprint density at radius 2 is 1.83 bits per heavy atom. The van der Waals surface area contributed by atoms with Crippen molar-refractivity contribution in [3.63, 3.8) is 0 Å². The molecule has 6 nitrogen and oxygen atoms in total. The molecular weight excluding hydrogens is 315 g/mol. The predicted octanol–water partition coefficient (Wildman–Crippen LogP) is 2.62. The van der Waals surface area contributed by atoms with Crippen LogP contribution in [0.25, 0.3) is 0 Å². The molecule has 0 radical (unpaired) electrons. The summed E-state index contributed by atoms with van der Waals surface area (Å²) in [7, 11) is 0. The minimum Gasteiger partial charge on any atom is -0.406 e. The molecule has 1 rings (SSSR count). The van der Waals surface area contributed by atoms with Crippen molar-refractivity contribution in [2.24, 2.45) is 0 Å². The van der Waals surface area contributed by atoms with Gasteiger partial charge in [0.05, 0.1) is 6.54 Å². The summed E-state index contributed by atoms with van der Waals surface area (Å²) in [6.07, 6.45) is -4.79. The molecule has 9 heteroatoms. The highest BCUT2D eigenvalue weighted by atomic mass is 19.4. The third kappa shape index (κ3) is 8.54. The Balaban J connectivity index is 2.50. The van der Waals surface area contributed by atoms with Crippen LogP contribution in [-0.2, 0) is 4.79 Å². The summed E-state index contributed by atoms with van der Waals surface area (Å²) in [5.41, 5.74) is -0.251. The van der Waals surface area contributed by atoms with Crippen molar-refractivity contribution >= 4 is 17.6 Å². The zero-order valence-corrected chi connectivity index (χ0v) is 12.9. The molecular formula is C14H18F3N3O3. The number of urea groups is 1. The number of amides is 3. The number of ether oxygens (including phenoxy) is 1. The fraction of sp³-hybridized carbons (Fsp3) is 0.429. The largest absolute Gasteiger partial charge is 0.573 e. The van der Waals surface area contributed by atoms with Gasteiger partial charge in [-0.15, -0.1) is 13.2 Å². The SMILES string of the molecule is CC(C)(C)NC(=O)NC(=O)CNc1cccc(OC(F)(F)F)c1. The second kappa shape index (κ2) is 7.21. The molecule has 0 heterocycles. The van der Waals surface area contributed by atoms with Crippen LogP contribution in [0.4, 0.5) is 23.7 Å². The number of alkyl halides is 3. The van der Waals surface area contributed by atoms with Gasteiger partial charge >= 0.3 is 12.4 Å². The lowest BCUT2D eigenvalue weighted by Crippen LogP contribution is -2.49. The number of hydrogen-bond donors (Lipinski definition) is 3. The highest BCUT2D eigenvalue weighted by molar-refractivity contribution is 5.96. The summed E-state index contributed by atoms with van der Waals surface area (Å²) in [5, 5.41) is 7.24. The number of imide groups is 1. The van der Waals surface area contributed by atoms with E-state index >= 15 is 0 Å². The number of anilines is 1. The Hall–Kier alpha value is -2.45. The van der Waals surface area contributed by atoms with Gasteiger partial charge in [-0.2, -0.15) is 0 Å². The van der Waals surface area contributed by atoms with Gasteiger partial charge in [0.2, 0.25) is 5.91 Å². The fourth-order valence-corrected chi connectivity index (χ4v) is 1.53. The number of carbonyl (C=O) groups is 2. The van der Waals surface area contributed by atoms with Gasteiger partial charge < -0.3 is 15.4 Å². The van der Waals surface area contributed by atoms with Crippen LogP contribution in [0.3, 0.4) is 0 Å². The summed E-state index contributed by atoms with van der Waals surface area (Å²) in [4.78, 5) is 23.1. The lowest BCUT2D eigenvalue weighted by Gasteiger charge is -2.20. The summed E-state index contributed by atoms with van der Waals surface area (Å²) in [5.74, 6) is -1.04. The van der Waals surface area contributed by atoms with E-state index in [-0.39, 0.29) is 12.2 Å². The highest BCUT2D eigenvalue weighted by Gasteiger charge is 2.31. The summed E-state index contributed by atoms with van der Waals surface area (Å²) in [6.45, 7) is 4.97. The first-order valence-electron chi connectivity index (χ1n) is 6.66. The number of nitrogens with one attached hydrogen (secondary N) is 3. The fourth-order valence-electron chi connectivity index (χ4n) is 1.53. The standard InChI is InChI=1S/C14H18F3N3O3/c1-13(2,3)20-12(22)19-11(21)8-18-9-5-4-6-10(7-9)23-14(15,16)17/h4-7,18H,8H2,1-3H3,(H2,19,20,21,22). The van der Waals surface area contributed by atoms with Gasteiger partial charge in [-0.25, -0.2) is 4.79 Å². The van der Waals surface area contributed by atoms with Crippen LogP contribution in [0.2, 0.25) is 0 Å². The third-order valence-corrected chi connectivity index (χ3v) is 2.26. The lowest BCUT2D eigenvalue weighted by atomic mass is 10.1. The Morgan fingerprint density at radius 3 is 2.39 bits per heavy atom. The Morgan fingerprint density at radius 1 is 1.17 bits per heavy atom. The van der Waals surface area contributed by atoms with E-state index in [1.807, 2.05) is 0 Å². The van der Waals surface area contributed by atoms with Crippen molar-refractivity contribution in [2.75, 3.05) is 11.9 Å². The van der Waals surface area contributed by atoms with E-state index in [1.54, 1.807) is 20.8 Å². The van der Waals surface area contributed by atoms with Crippen LogP contribution >= 0.6 is 0 Å². The van der Waals surface area contributed by atoms with E-state index in [9.17, 15) is 22.8 Å². The lowest BCUT2D eigenvalue weighted by molar-refractivity contribution is -0.274. The van der Waals surface area contributed by atoms with E-state index in [2.05, 4.69) is 20.7 Å². The van der Waals surface area contributed by atoms with Gasteiger partial charge in [0.25, 0.3) is 0 Å². The summed E-state index contributed by atoms with van der Waals surface area (Å²) < 4.78 is 40.1. The zero-order valence-electron chi connectivity index (χ0n) is 12.9. The minimum absolute atomic E-state index is 0.248. The van der Waals surface area contributed by atoms with Crippen molar-refractivity contribution in [3.8, 4) is 5.75 Å². The van der Waals surface area contributed by atoms with Crippen LogP contribution < -0.4 is 20.7 Å². The first-order chi connectivity index (χ1) is 10.4. The Bertz CT molecular complexity index is 568. The maximum Gasteiger partial charge on any atom is 0.573 e. The van der Waals surface area contributed by atoms with E-state index in [0.717, 1.165) is 12.1 Å². The predicted molar refractivity (Wildman–Crippen MR) is 78.0 cm³/mol. The van der Waals surface area contributed by atoms with Crippen molar-refractivity contribution < 1.29 is 27.5 Å². The van der Waals surface area contributed by atoms with Gasteiger partial charge in [-0.3, -0.25) is 10.1 Å². The molecule has 128 valence electrons. The number of halogens is 3. The molecule has 3 amide bonds. The second-order valence-corrected chi connectivity index (χ2v) is 5.68. The number of carbonyl (C=O) groups excluding carboxylic acids is 2. The molecule has 0 aliphatic carbocycles. The molecule has 3 N–H and O–H groups in total. The van der Waals surface area contributed by atoms with Crippen LogP contribution in [0.5, 0.6) is 5.75 Å². The molecule has 0 aliphatic heterocycles. The molecule has 0 saturated carbocycles. The van der Waals surface area contributed by atoms with Crippen LogP contribution in [-0.4, -0.2) is 30.4 Å². The van der Waals surface area contributed by atoms with E-state index < -0.39 is 29.6 Å². The van der Waals surface area contributed by atoms with Crippen molar-refractivity contribution in [2.45, 2.75) is 32.7 Å². The topological polar surface area (TPSA) is 79.5 Å². The van der Waals surface area contributed by atoms with E-state index in [4.69, 9.17) is 0 Å². The molecule has 0 fully saturated rings. The van der Waals surface area contributed by atoms with Gasteiger partial charge in [0.15, 0.2) is 0 Å². The Kier molecular flexibility index (Phi) is 5.83. The van der Waals surface area contributed by atoms with Crippen LogP contribution in [0, 0.1) is 0 Å². The first-order valence-corrected chi connectivity index (χ1v) is 6.66. The molecule has 1 aromatic rings. The molecule has 0 aliphatic rings. The van der Waals surface area contributed by atoms with Gasteiger partial charge in [0, 0.05) is 17.3 Å².